The van der Waals surface area contributed by atoms with E-state index in [0.717, 1.165) is 0 Å². The fraction of sp³-hybridized carbons (Fsp3) is 0.692. The molecule has 1 aliphatic rings. The largest absolute Gasteiger partial charge is 0.466 e. The molecular formula is C13H19NO7. The summed E-state index contributed by atoms with van der Waals surface area (Å²) < 4.78 is 14.8. The zero-order valence-electron chi connectivity index (χ0n) is 12.3. The maximum atomic E-state index is 11.9. The first-order valence-electron chi connectivity index (χ1n) is 6.58. The Kier molecular flexibility index (Phi) is 6.13. The van der Waals surface area contributed by atoms with Gasteiger partial charge in [0.15, 0.2) is 6.10 Å². The third kappa shape index (κ3) is 5.41. The molecule has 8 nitrogen and oxygen atoms in total. The lowest BCUT2D eigenvalue weighted by Crippen LogP contribution is -2.42. The van der Waals surface area contributed by atoms with Gasteiger partial charge in [0.1, 0.15) is 0 Å². The summed E-state index contributed by atoms with van der Waals surface area (Å²) in [6.45, 7) is 4.12. The van der Waals surface area contributed by atoms with E-state index >= 15 is 0 Å². The van der Waals surface area contributed by atoms with Crippen molar-refractivity contribution >= 4 is 23.8 Å². The molecule has 1 amide bonds. The average molecular weight is 301 g/mol. The van der Waals surface area contributed by atoms with E-state index in [9.17, 15) is 19.2 Å². The topological polar surface area (TPSA) is 99.2 Å². The molecule has 0 aromatic heterocycles. The minimum Gasteiger partial charge on any atom is -0.466 e. The Hall–Kier alpha value is -2.12. The maximum Gasteiger partial charge on any atom is 0.304 e. The van der Waals surface area contributed by atoms with Crippen molar-refractivity contribution in [2.24, 2.45) is 0 Å². The maximum absolute atomic E-state index is 11.9. The number of carbonyl (C=O) groups is 4. The molecule has 0 unspecified atom stereocenters. The number of rotatable bonds is 6. The van der Waals surface area contributed by atoms with Gasteiger partial charge in [0, 0.05) is 27.3 Å². The highest BCUT2D eigenvalue weighted by atomic mass is 16.6. The summed E-state index contributed by atoms with van der Waals surface area (Å²) in [7, 11) is 0. The highest BCUT2D eigenvalue weighted by Crippen LogP contribution is 2.24. The first-order valence-corrected chi connectivity index (χ1v) is 6.58. The van der Waals surface area contributed by atoms with E-state index in [-0.39, 0.29) is 25.5 Å². The summed E-state index contributed by atoms with van der Waals surface area (Å²) in [6, 6.07) is 0. The van der Waals surface area contributed by atoms with Crippen molar-refractivity contribution in [3.8, 4) is 0 Å². The average Bonchev–Trinajstić information content (AvgIpc) is 2.60. The Morgan fingerprint density at radius 1 is 1.10 bits per heavy atom. The highest BCUT2D eigenvalue weighted by molar-refractivity contribution is 5.81. The zero-order chi connectivity index (χ0) is 16.0. The quantitative estimate of drug-likeness (QED) is 0.386. The molecule has 1 fully saturated rings. The molecular weight excluding hydrogens is 282 g/mol. The lowest BCUT2D eigenvalue weighted by atomic mass is 10.3. The first-order chi connectivity index (χ1) is 9.81. The van der Waals surface area contributed by atoms with E-state index in [4.69, 9.17) is 14.2 Å². The van der Waals surface area contributed by atoms with Crippen LogP contribution >= 0.6 is 0 Å². The molecule has 1 rings (SSSR count). The van der Waals surface area contributed by atoms with Gasteiger partial charge in [-0.2, -0.15) is 0 Å². The first kappa shape index (κ1) is 16.9. The molecule has 0 aromatic rings. The number of carbonyl (C=O) groups excluding carboxylic acids is 4. The monoisotopic (exact) mass is 301 g/mol. The number of hydrogen-bond donors (Lipinski definition) is 0. The fourth-order valence-corrected chi connectivity index (χ4v) is 2.06. The van der Waals surface area contributed by atoms with Crippen molar-refractivity contribution in [3.05, 3.63) is 0 Å². The minimum absolute atomic E-state index is 0.0366. The summed E-state index contributed by atoms with van der Waals surface area (Å²) in [4.78, 5) is 46.1. The molecule has 0 aromatic carbocycles. The van der Waals surface area contributed by atoms with Crippen molar-refractivity contribution < 1.29 is 33.4 Å². The highest BCUT2D eigenvalue weighted by Gasteiger charge is 2.43. The number of likely N-dealkylation sites (tertiary alicyclic amines) is 1. The van der Waals surface area contributed by atoms with Gasteiger partial charge in [0.2, 0.25) is 12.1 Å². The second-order valence-corrected chi connectivity index (χ2v) is 4.63. The van der Waals surface area contributed by atoms with Gasteiger partial charge in [0.05, 0.1) is 13.0 Å². The summed E-state index contributed by atoms with van der Waals surface area (Å²) in [5, 5.41) is 0. The van der Waals surface area contributed by atoms with Crippen LogP contribution in [0.1, 0.15) is 33.6 Å². The molecule has 8 heteroatoms. The molecule has 2 atom stereocenters. The third-order valence-corrected chi connectivity index (χ3v) is 2.77. The molecule has 1 heterocycles. The van der Waals surface area contributed by atoms with Gasteiger partial charge in [-0.3, -0.25) is 19.2 Å². The third-order valence-electron chi connectivity index (χ3n) is 2.77. The second-order valence-electron chi connectivity index (χ2n) is 4.63. The van der Waals surface area contributed by atoms with Crippen LogP contribution in [0.15, 0.2) is 0 Å². The normalized spacial score (nSPS) is 21.1. The van der Waals surface area contributed by atoms with Gasteiger partial charge >= 0.3 is 17.9 Å². The predicted octanol–water partition coefficient (Wildman–Crippen LogP) is -0.00720. The number of hydrogen-bond acceptors (Lipinski definition) is 7. The lowest BCUT2D eigenvalue weighted by molar-refractivity contribution is -0.173. The fourth-order valence-electron chi connectivity index (χ4n) is 2.06. The van der Waals surface area contributed by atoms with Crippen LogP contribution in [0.2, 0.25) is 0 Å². The number of nitrogens with zero attached hydrogens (tertiary/aromatic N) is 1. The van der Waals surface area contributed by atoms with Crippen LogP contribution in [0, 0.1) is 0 Å². The van der Waals surface area contributed by atoms with Crippen molar-refractivity contribution in [1.29, 1.82) is 0 Å². The van der Waals surface area contributed by atoms with Crippen molar-refractivity contribution in [1.82, 2.24) is 4.90 Å². The summed E-state index contributed by atoms with van der Waals surface area (Å²) in [5.74, 6) is -1.81. The second kappa shape index (κ2) is 7.61. The number of esters is 3. The van der Waals surface area contributed by atoms with Gasteiger partial charge in [-0.15, -0.1) is 0 Å². The van der Waals surface area contributed by atoms with Crippen molar-refractivity contribution in [2.45, 2.75) is 45.9 Å². The summed E-state index contributed by atoms with van der Waals surface area (Å²) in [6.07, 6.45) is -1.38. The van der Waals surface area contributed by atoms with Crippen LogP contribution < -0.4 is 0 Å². The van der Waals surface area contributed by atoms with E-state index in [1.54, 1.807) is 0 Å². The molecule has 0 N–H and O–H groups in total. The molecule has 0 radical (unpaired) electrons. The van der Waals surface area contributed by atoms with E-state index in [1.165, 1.54) is 25.7 Å². The van der Waals surface area contributed by atoms with Crippen LogP contribution in [-0.4, -0.2) is 54.2 Å². The molecule has 0 spiro atoms. The van der Waals surface area contributed by atoms with Crippen LogP contribution in [0.4, 0.5) is 0 Å². The Bertz CT molecular complexity index is 434. The standard InChI is InChI=1S/C13H19NO7/c1-8(15)19-6-4-5-14-12(18)7-11(20-9(2)16)13(14)21-10(3)17/h11,13H,4-7H2,1-3H3/t11-,13+/m0/s1. The van der Waals surface area contributed by atoms with Crippen molar-refractivity contribution in [3.63, 3.8) is 0 Å². The van der Waals surface area contributed by atoms with E-state index < -0.39 is 30.2 Å². The van der Waals surface area contributed by atoms with Gasteiger partial charge in [0.25, 0.3) is 0 Å². The molecule has 0 saturated carbocycles. The molecule has 1 aliphatic heterocycles. The smallest absolute Gasteiger partial charge is 0.304 e. The minimum atomic E-state index is -0.934. The lowest BCUT2D eigenvalue weighted by Gasteiger charge is -2.26. The van der Waals surface area contributed by atoms with E-state index in [2.05, 4.69) is 0 Å². The Morgan fingerprint density at radius 3 is 2.24 bits per heavy atom. The Balaban J connectivity index is 2.64. The van der Waals surface area contributed by atoms with Gasteiger partial charge in [-0.05, 0) is 6.42 Å². The molecule has 21 heavy (non-hydrogen) atoms. The Labute approximate surface area is 122 Å². The molecule has 118 valence electrons. The van der Waals surface area contributed by atoms with Gasteiger partial charge in [-0.1, -0.05) is 0 Å². The van der Waals surface area contributed by atoms with Crippen LogP contribution in [0.25, 0.3) is 0 Å². The summed E-state index contributed by atoms with van der Waals surface area (Å²) in [5.41, 5.74) is 0. The molecule has 1 saturated heterocycles. The van der Waals surface area contributed by atoms with Gasteiger partial charge in [-0.25, -0.2) is 0 Å². The molecule has 0 aliphatic carbocycles. The van der Waals surface area contributed by atoms with Crippen LogP contribution in [0.5, 0.6) is 0 Å². The van der Waals surface area contributed by atoms with Crippen LogP contribution in [-0.2, 0) is 33.4 Å². The van der Waals surface area contributed by atoms with E-state index in [0.29, 0.717) is 6.42 Å². The predicted molar refractivity (Wildman–Crippen MR) is 68.7 cm³/mol. The zero-order valence-corrected chi connectivity index (χ0v) is 12.3. The Morgan fingerprint density at radius 2 is 1.71 bits per heavy atom. The number of amides is 1. The van der Waals surface area contributed by atoms with E-state index in [1.807, 2.05) is 0 Å². The number of ether oxygens (including phenoxy) is 3. The summed E-state index contributed by atoms with van der Waals surface area (Å²) >= 11 is 0. The van der Waals surface area contributed by atoms with Crippen LogP contribution in [0.3, 0.4) is 0 Å². The van der Waals surface area contributed by atoms with Gasteiger partial charge < -0.3 is 19.1 Å². The SMILES string of the molecule is CC(=O)OCCCN1C(=O)C[C@H](OC(C)=O)[C@H]1OC(C)=O. The molecule has 0 bridgehead atoms. The van der Waals surface area contributed by atoms with Crippen molar-refractivity contribution in [2.75, 3.05) is 13.2 Å².